The Morgan fingerprint density at radius 3 is 2.06 bits per heavy atom. The van der Waals surface area contributed by atoms with Gasteiger partial charge < -0.3 is 25.6 Å². The maximum absolute atomic E-state index is 12.9. The second kappa shape index (κ2) is 9.69. The van der Waals surface area contributed by atoms with E-state index < -0.39 is 29.8 Å². The molecule has 4 N–H and O–H groups in total. The molecule has 0 saturated heterocycles. The number of aromatic nitrogens is 2. The van der Waals surface area contributed by atoms with Gasteiger partial charge in [-0.2, -0.15) is 4.98 Å². The van der Waals surface area contributed by atoms with Crippen LogP contribution in [-0.2, 0) is 4.79 Å². The molecule has 0 aliphatic carbocycles. The second-order valence-electron chi connectivity index (χ2n) is 7.12. The van der Waals surface area contributed by atoms with Crippen molar-refractivity contribution in [3.63, 3.8) is 0 Å². The van der Waals surface area contributed by atoms with E-state index in [0.717, 1.165) is 0 Å². The molecule has 3 aromatic rings. The maximum atomic E-state index is 12.9. The first-order valence-corrected chi connectivity index (χ1v) is 9.54. The summed E-state index contributed by atoms with van der Waals surface area (Å²) in [7, 11) is 0. The van der Waals surface area contributed by atoms with Gasteiger partial charge in [0.2, 0.25) is 5.82 Å². The number of halogens is 1. The van der Waals surface area contributed by atoms with Crippen LogP contribution in [0.2, 0.25) is 0 Å². The molecule has 3 amide bonds. The van der Waals surface area contributed by atoms with Gasteiger partial charge in [0.05, 0.1) is 0 Å². The molecule has 1 aromatic heterocycles. The molecule has 0 fully saturated rings. The Morgan fingerprint density at radius 1 is 0.969 bits per heavy atom. The molecule has 0 bridgehead atoms. The van der Waals surface area contributed by atoms with Gasteiger partial charge in [-0.3, -0.25) is 4.79 Å². The van der Waals surface area contributed by atoms with Gasteiger partial charge in [-0.15, -0.1) is 0 Å². The Hall–Kier alpha value is -4.28. The van der Waals surface area contributed by atoms with Crippen molar-refractivity contribution in [2.75, 3.05) is 10.6 Å². The summed E-state index contributed by atoms with van der Waals surface area (Å²) in [5, 5.41) is 20.4. The molecule has 2 aromatic carbocycles. The molecule has 32 heavy (non-hydrogen) atoms. The van der Waals surface area contributed by atoms with E-state index in [9.17, 15) is 23.9 Å². The van der Waals surface area contributed by atoms with Crippen LogP contribution in [0, 0.1) is 11.7 Å². The Balaban J connectivity index is 1.62. The quantitative estimate of drug-likeness (QED) is 0.440. The number of amides is 3. The molecule has 3 rings (SSSR count). The highest BCUT2D eigenvalue weighted by Crippen LogP contribution is 2.19. The van der Waals surface area contributed by atoms with Gasteiger partial charge in [-0.1, -0.05) is 19.0 Å². The Bertz CT molecular complexity index is 1110. The molecule has 0 spiro atoms. The number of rotatable bonds is 7. The van der Waals surface area contributed by atoms with E-state index in [-0.39, 0.29) is 17.6 Å². The Morgan fingerprint density at radius 2 is 1.53 bits per heavy atom. The van der Waals surface area contributed by atoms with Crippen LogP contribution in [0.1, 0.15) is 24.5 Å². The third-order valence-electron chi connectivity index (χ3n) is 4.34. The zero-order chi connectivity index (χ0) is 23.3. The van der Waals surface area contributed by atoms with E-state index in [0.29, 0.717) is 16.9 Å². The van der Waals surface area contributed by atoms with Crippen LogP contribution in [-0.4, -0.2) is 39.2 Å². The van der Waals surface area contributed by atoms with E-state index >= 15 is 0 Å². The van der Waals surface area contributed by atoms with E-state index in [1.54, 1.807) is 38.1 Å². The van der Waals surface area contributed by atoms with Gasteiger partial charge in [0.25, 0.3) is 0 Å². The molecule has 166 valence electrons. The third kappa shape index (κ3) is 5.65. The fraction of sp³-hybridized carbons (Fsp3) is 0.190. The van der Waals surface area contributed by atoms with Crippen molar-refractivity contribution in [3.05, 3.63) is 60.2 Å². The number of carbonyl (C=O) groups excluding carboxylic acids is 2. The minimum Gasteiger partial charge on any atom is -0.480 e. The monoisotopic (exact) mass is 441 g/mol. The largest absolute Gasteiger partial charge is 0.480 e. The number of urea groups is 1. The van der Waals surface area contributed by atoms with Crippen LogP contribution >= 0.6 is 0 Å². The molecule has 0 aliphatic rings. The summed E-state index contributed by atoms with van der Waals surface area (Å²) < 4.78 is 17.9. The molecule has 10 nitrogen and oxygen atoms in total. The first-order chi connectivity index (χ1) is 15.2. The molecular formula is C21H20FN5O5. The summed E-state index contributed by atoms with van der Waals surface area (Å²) in [6, 6.07) is 10.1. The van der Waals surface area contributed by atoms with Crippen molar-refractivity contribution >= 4 is 29.3 Å². The van der Waals surface area contributed by atoms with Crippen molar-refractivity contribution in [1.82, 2.24) is 15.5 Å². The number of nitrogens with one attached hydrogen (secondary N) is 3. The van der Waals surface area contributed by atoms with Crippen LogP contribution in [0.15, 0.2) is 53.1 Å². The van der Waals surface area contributed by atoms with Crippen molar-refractivity contribution in [2.45, 2.75) is 19.9 Å². The summed E-state index contributed by atoms with van der Waals surface area (Å²) >= 11 is 0. The average molecular weight is 441 g/mol. The van der Waals surface area contributed by atoms with Crippen molar-refractivity contribution in [2.24, 2.45) is 5.92 Å². The number of nitrogens with zero attached hydrogens (tertiary/aromatic N) is 2. The fourth-order valence-corrected chi connectivity index (χ4v) is 2.68. The zero-order valence-electron chi connectivity index (χ0n) is 17.1. The zero-order valence-corrected chi connectivity index (χ0v) is 17.1. The van der Waals surface area contributed by atoms with Gasteiger partial charge in [0, 0.05) is 16.9 Å². The number of benzene rings is 2. The molecule has 0 radical (unpaired) electrons. The van der Waals surface area contributed by atoms with Crippen molar-refractivity contribution < 1.29 is 28.4 Å². The van der Waals surface area contributed by atoms with Crippen LogP contribution in [0.4, 0.5) is 20.6 Å². The maximum Gasteiger partial charge on any atom is 0.326 e. The Labute approximate surface area is 181 Å². The predicted octanol–water partition coefficient (Wildman–Crippen LogP) is 3.36. The van der Waals surface area contributed by atoms with Crippen LogP contribution in [0.3, 0.4) is 0 Å². The summed E-state index contributed by atoms with van der Waals surface area (Å²) in [6.07, 6.45) is 0. The number of carboxylic acids is 1. The second-order valence-corrected chi connectivity index (χ2v) is 7.12. The van der Waals surface area contributed by atoms with Gasteiger partial charge in [0.1, 0.15) is 11.9 Å². The highest BCUT2D eigenvalue weighted by atomic mass is 19.1. The summed E-state index contributed by atoms with van der Waals surface area (Å²) in [5.74, 6) is -2.95. The van der Waals surface area contributed by atoms with Crippen LogP contribution in [0.5, 0.6) is 0 Å². The number of hydrogen-bond acceptors (Lipinski definition) is 6. The number of anilines is 2. The number of hydrogen-bond donors (Lipinski definition) is 4. The Kier molecular flexibility index (Phi) is 6.78. The summed E-state index contributed by atoms with van der Waals surface area (Å²) in [6.45, 7) is 3.32. The molecule has 0 aliphatic heterocycles. The first kappa shape index (κ1) is 22.4. The lowest BCUT2D eigenvalue weighted by Gasteiger charge is -2.16. The molecule has 11 heteroatoms. The highest BCUT2D eigenvalue weighted by molar-refractivity contribution is 5.99. The van der Waals surface area contributed by atoms with Gasteiger partial charge in [0.15, 0.2) is 0 Å². The van der Waals surface area contributed by atoms with E-state index in [1.807, 2.05) is 0 Å². The molecule has 1 unspecified atom stereocenters. The van der Waals surface area contributed by atoms with Crippen molar-refractivity contribution in [1.29, 1.82) is 0 Å². The topological polar surface area (TPSA) is 146 Å². The lowest BCUT2D eigenvalue weighted by molar-refractivity contribution is -0.140. The fourth-order valence-electron chi connectivity index (χ4n) is 2.68. The number of carboxylic acid groups (broad SMARTS) is 1. The molecule has 1 heterocycles. The smallest absolute Gasteiger partial charge is 0.326 e. The lowest BCUT2D eigenvalue weighted by atomic mass is 10.1. The van der Waals surface area contributed by atoms with E-state index in [1.165, 1.54) is 24.3 Å². The summed E-state index contributed by atoms with van der Waals surface area (Å²) in [5.41, 5.74) is 1.41. The van der Waals surface area contributed by atoms with Gasteiger partial charge in [-0.25, -0.2) is 14.0 Å². The predicted molar refractivity (Wildman–Crippen MR) is 113 cm³/mol. The first-order valence-electron chi connectivity index (χ1n) is 9.54. The third-order valence-corrected chi connectivity index (χ3v) is 4.34. The SMILES string of the molecule is CC(C)C(NC(=O)c1nc(-c2ccc(NC(=O)Nc3ccc(F)cc3)cc2)no1)C(=O)O. The standard InChI is InChI=1S/C21H20FN5O5/c1-11(2)16(20(29)30)25-18(28)19-26-17(27-32-19)12-3-7-14(8-4-12)23-21(31)24-15-9-5-13(22)6-10-15/h3-11,16H,1-2H3,(H,25,28)(H,29,30)(H2,23,24,31). The molecular weight excluding hydrogens is 421 g/mol. The van der Waals surface area contributed by atoms with E-state index in [4.69, 9.17) is 4.52 Å². The normalized spacial score (nSPS) is 11.6. The van der Waals surface area contributed by atoms with E-state index in [2.05, 4.69) is 26.1 Å². The summed E-state index contributed by atoms with van der Waals surface area (Å²) in [4.78, 5) is 39.5. The molecule has 1 atom stereocenters. The minimum absolute atomic E-state index is 0.119. The number of carbonyl (C=O) groups is 3. The van der Waals surface area contributed by atoms with Gasteiger partial charge >= 0.3 is 23.8 Å². The van der Waals surface area contributed by atoms with Crippen LogP contribution in [0.25, 0.3) is 11.4 Å². The lowest BCUT2D eigenvalue weighted by Crippen LogP contribution is -2.44. The van der Waals surface area contributed by atoms with Gasteiger partial charge in [-0.05, 0) is 54.4 Å². The van der Waals surface area contributed by atoms with Crippen molar-refractivity contribution in [3.8, 4) is 11.4 Å². The van der Waals surface area contributed by atoms with Crippen LogP contribution < -0.4 is 16.0 Å². The minimum atomic E-state index is -1.17. The highest BCUT2D eigenvalue weighted by Gasteiger charge is 2.26. The number of aliphatic carboxylic acids is 1. The average Bonchev–Trinajstić information content (AvgIpc) is 3.24. The molecule has 0 saturated carbocycles.